The number of methoxy groups -OCH3 is 1. The van der Waals surface area contributed by atoms with E-state index in [1.54, 1.807) is 7.11 Å². The number of aromatic nitrogens is 2. The molecular formula is C15H20N2O. The number of hydrogen-bond acceptors (Lipinski definition) is 2. The van der Waals surface area contributed by atoms with Gasteiger partial charge in [0.05, 0.1) is 7.11 Å². The number of fused-ring (bicyclic) bond motifs is 1. The van der Waals surface area contributed by atoms with Crippen molar-refractivity contribution in [2.24, 2.45) is 0 Å². The first-order valence-corrected chi connectivity index (χ1v) is 6.07. The van der Waals surface area contributed by atoms with Gasteiger partial charge in [-0.05, 0) is 39.8 Å². The summed E-state index contributed by atoms with van der Waals surface area (Å²) in [7, 11) is 1.65. The molecule has 96 valence electrons. The number of hydrogen-bond donors (Lipinski definition) is 0. The normalized spacial score (nSPS) is 11.8. The highest BCUT2D eigenvalue weighted by molar-refractivity contribution is 5.91. The summed E-state index contributed by atoms with van der Waals surface area (Å²) in [6, 6.07) is 4.01. The highest BCUT2D eigenvalue weighted by atomic mass is 16.5. The summed E-state index contributed by atoms with van der Waals surface area (Å²) in [5, 5.41) is 1.09. The average molecular weight is 244 g/mol. The molecule has 3 nitrogen and oxygen atoms in total. The summed E-state index contributed by atoms with van der Waals surface area (Å²) >= 11 is 0. The lowest BCUT2D eigenvalue weighted by Crippen LogP contribution is -2.23. The van der Waals surface area contributed by atoms with Gasteiger partial charge in [0.2, 0.25) is 0 Å². The second-order valence-corrected chi connectivity index (χ2v) is 5.47. The lowest BCUT2D eigenvalue weighted by atomic mass is 10.1. The molecule has 3 heteroatoms. The van der Waals surface area contributed by atoms with E-state index >= 15 is 0 Å². The zero-order valence-corrected chi connectivity index (χ0v) is 11.7. The van der Waals surface area contributed by atoms with Crippen molar-refractivity contribution < 1.29 is 4.74 Å². The van der Waals surface area contributed by atoms with Crippen LogP contribution in [0.15, 0.2) is 24.9 Å². The summed E-state index contributed by atoms with van der Waals surface area (Å²) in [5.74, 6) is 0.688. The maximum Gasteiger partial charge on any atom is 0.141 e. The van der Waals surface area contributed by atoms with Crippen LogP contribution < -0.4 is 0 Å². The third-order valence-corrected chi connectivity index (χ3v) is 3.16. The Bertz CT molecular complexity index is 603. The van der Waals surface area contributed by atoms with Crippen molar-refractivity contribution in [1.29, 1.82) is 0 Å². The van der Waals surface area contributed by atoms with Crippen molar-refractivity contribution in [2.45, 2.75) is 33.2 Å². The van der Waals surface area contributed by atoms with Crippen LogP contribution in [-0.4, -0.2) is 16.7 Å². The van der Waals surface area contributed by atoms with E-state index in [0.717, 1.165) is 22.3 Å². The second kappa shape index (κ2) is 4.16. The van der Waals surface area contributed by atoms with Crippen molar-refractivity contribution in [2.75, 3.05) is 7.11 Å². The zero-order chi connectivity index (χ0) is 13.5. The van der Waals surface area contributed by atoms with Gasteiger partial charge in [-0.3, -0.25) is 0 Å². The minimum absolute atomic E-state index is 0.0248. The Hall–Kier alpha value is -1.77. The van der Waals surface area contributed by atoms with Gasteiger partial charge < -0.3 is 9.30 Å². The molecular weight excluding hydrogens is 224 g/mol. The molecule has 2 aromatic rings. The SMILES string of the molecule is C=C(OC)c1c(C)n(C(C)(C)C)c2ncccc12. The molecule has 0 N–H and O–H groups in total. The van der Waals surface area contributed by atoms with Crippen molar-refractivity contribution >= 4 is 16.8 Å². The largest absolute Gasteiger partial charge is 0.497 e. The third kappa shape index (κ3) is 1.80. The predicted molar refractivity (Wildman–Crippen MR) is 75.5 cm³/mol. The summed E-state index contributed by atoms with van der Waals surface area (Å²) in [5.41, 5.74) is 3.15. The van der Waals surface area contributed by atoms with Gasteiger partial charge >= 0.3 is 0 Å². The Kier molecular flexibility index (Phi) is 2.93. The van der Waals surface area contributed by atoms with E-state index < -0.39 is 0 Å². The molecule has 0 fully saturated rings. The van der Waals surface area contributed by atoms with Crippen molar-refractivity contribution in [3.63, 3.8) is 0 Å². The summed E-state index contributed by atoms with van der Waals surface area (Å²) in [6.07, 6.45) is 1.82. The van der Waals surface area contributed by atoms with Gasteiger partial charge in [-0.25, -0.2) is 4.98 Å². The molecule has 0 unspecified atom stereocenters. The number of rotatable bonds is 2. The van der Waals surface area contributed by atoms with Crippen LogP contribution in [-0.2, 0) is 10.3 Å². The molecule has 2 heterocycles. The quantitative estimate of drug-likeness (QED) is 0.753. The van der Waals surface area contributed by atoms with Gasteiger partial charge in [-0.1, -0.05) is 6.58 Å². The fraction of sp³-hybridized carbons (Fsp3) is 0.400. The van der Waals surface area contributed by atoms with Crippen molar-refractivity contribution in [3.8, 4) is 0 Å². The lowest BCUT2D eigenvalue weighted by Gasteiger charge is -2.24. The fourth-order valence-electron chi connectivity index (χ4n) is 2.51. The molecule has 0 spiro atoms. The van der Waals surface area contributed by atoms with Crippen molar-refractivity contribution in [3.05, 3.63) is 36.2 Å². The van der Waals surface area contributed by atoms with E-state index in [1.165, 1.54) is 0 Å². The molecule has 0 bridgehead atoms. The lowest BCUT2D eigenvalue weighted by molar-refractivity contribution is 0.369. The monoisotopic (exact) mass is 244 g/mol. The summed E-state index contributed by atoms with van der Waals surface area (Å²) < 4.78 is 7.55. The van der Waals surface area contributed by atoms with Gasteiger partial charge in [0.15, 0.2) is 0 Å². The second-order valence-electron chi connectivity index (χ2n) is 5.47. The van der Waals surface area contributed by atoms with Crippen LogP contribution in [0.1, 0.15) is 32.0 Å². The molecule has 18 heavy (non-hydrogen) atoms. The highest BCUT2D eigenvalue weighted by Crippen LogP contribution is 2.33. The molecule has 0 amide bonds. The van der Waals surface area contributed by atoms with Crippen LogP contribution in [0.2, 0.25) is 0 Å². The zero-order valence-electron chi connectivity index (χ0n) is 11.7. The average Bonchev–Trinajstić information content (AvgIpc) is 2.59. The number of pyridine rings is 1. The van der Waals surface area contributed by atoms with Gasteiger partial charge in [0.1, 0.15) is 11.4 Å². The third-order valence-electron chi connectivity index (χ3n) is 3.16. The topological polar surface area (TPSA) is 27.1 Å². The van der Waals surface area contributed by atoms with Gasteiger partial charge in [-0.15, -0.1) is 0 Å². The smallest absolute Gasteiger partial charge is 0.141 e. The Morgan fingerprint density at radius 2 is 2.06 bits per heavy atom. The predicted octanol–water partition coefficient (Wildman–Crippen LogP) is 3.72. The number of nitrogens with zero attached hydrogens (tertiary/aromatic N) is 2. The van der Waals surface area contributed by atoms with Crippen LogP contribution in [0.3, 0.4) is 0 Å². The minimum atomic E-state index is -0.0248. The van der Waals surface area contributed by atoms with Gasteiger partial charge in [-0.2, -0.15) is 0 Å². The van der Waals surface area contributed by atoms with Crippen LogP contribution >= 0.6 is 0 Å². The molecule has 2 rings (SSSR count). The minimum Gasteiger partial charge on any atom is -0.497 e. The Balaban J connectivity index is 2.89. The van der Waals surface area contributed by atoms with E-state index in [-0.39, 0.29) is 5.54 Å². The molecule has 0 aliphatic heterocycles. The molecule has 0 aliphatic rings. The molecule has 0 radical (unpaired) electrons. The van der Waals surface area contributed by atoms with E-state index in [4.69, 9.17) is 4.74 Å². The molecule has 0 aliphatic carbocycles. The van der Waals surface area contributed by atoms with E-state index in [9.17, 15) is 0 Å². The molecule has 2 aromatic heterocycles. The first-order valence-electron chi connectivity index (χ1n) is 6.07. The van der Waals surface area contributed by atoms with Crippen LogP contribution in [0.4, 0.5) is 0 Å². The Morgan fingerprint density at radius 3 is 2.61 bits per heavy atom. The molecule has 0 atom stereocenters. The number of ether oxygens (including phenoxy) is 1. The molecule has 0 saturated heterocycles. The van der Waals surface area contributed by atoms with Crippen LogP contribution in [0.25, 0.3) is 16.8 Å². The highest BCUT2D eigenvalue weighted by Gasteiger charge is 2.24. The van der Waals surface area contributed by atoms with Crippen LogP contribution in [0, 0.1) is 6.92 Å². The Morgan fingerprint density at radius 1 is 1.39 bits per heavy atom. The Labute approximate surface area is 108 Å². The molecule has 0 aromatic carbocycles. The van der Waals surface area contributed by atoms with E-state index in [0.29, 0.717) is 5.76 Å². The first-order chi connectivity index (χ1) is 8.38. The van der Waals surface area contributed by atoms with Crippen molar-refractivity contribution in [1.82, 2.24) is 9.55 Å². The maximum atomic E-state index is 5.32. The standard InChI is InChI=1S/C15H20N2O/c1-10-13(11(2)18-6)12-8-7-9-16-14(12)17(10)15(3,4)5/h7-9H,2H2,1,3-6H3. The van der Waals surface area contributed by atoms with Crippen LogP contribution in [0.5, 0.6) is 0 Å². The summed E-state index contributed by atoms with van der Waals surface area (Å²) in [4.78, 5) is 4.51. The van der Waals surface area contributed by atoms with Gasteiger partial charge in [0, 0.05) is 28.4 Å². The summed E-state index contributed by atoms with van der Waals surface area (Å²) in [6.45, 7) is 12.6. The van der Waals surface area contributed by atoms with E-state index in [1.807, 2.05) is 12.3 Å². The molecule has 0 saturated carbocycles. The maximum absolute atomic E-state index is 5.32. The van der Waals surface area contributed by atoms with E-state index in [2.05, 4.69) is 49.9 Å². The first kappa shape index (κ1) is 12.7. The van der Waals surface area contributed by atoms with Gasteiger partial charge in [0.25, 0.3) is 0 Å². The fourth-order valence-corrected chi connectivity index (χ4v) is 2.51.